The summed E-state index contributed by atoms with van der Waals surface area (Å²) in [4.78, 5) is 27.2. The van der Waals surface area contributed by atoms with Gasteiger partial charge < -0.3 is 20.2 Å². The molecule has 3 aromatic rings. The number of nitrogens with one attached hydrogen (secondary N) is 1. The Morgan fingerprint density at radius 3 is 2.33 bits per heavy atom. The maximum atomic E-state index is 12.6. The van der Waals surface area contributed by atoms with Crippen LogP contribution in [0.3, 0.4) is 0 Å². The number of carboxylic acid groups (broad SMARTS) is 1. The largest absolute Gasteiger partial charge is 0.508 e. The summed E-state index contributed by atoms with van der Waals surface area (Å²) in [6, 6.07) is 10.4. The van der Waals surface area contributed by atoms with Crippen molar-refractivity contribution in [2.75, 3.05) is 26.2 Å². The summed E-state index contributed by atoms with van der Waals surface area (Å²) in [6.45, 7) is 6.82. The van der Waals surface area contributed by atoms with Crippen molar-refractivity contribution in [1.82, 2.24) is 24.6 Å². The maximum Gasteiger partial charge on any atom is 0.407 e. The smallest absolute Gasteiger partial charge is 0.407 e. The van der Waals surface area contributed by atoms with Crippen LogP contribution in [0.1, 0.15) is 30.9 Å². The monoisotopic (exact) mass is 453 g/mol. The van der Waals surface area contributed by atoms with Crippen molar-refractivity contribution in [3.8, 4) is 28.6 Å². The van der Waals surface area contributed by atoms with Gasteiger partial charge in [-0.15, -0.1) is 0 Å². The topological polar surface area (TPSA) is 135 Å². The third-order valence-electron chi connectivity index (χ3n) is 5.92. The predicted octanol–water partition coefficient (Wildman–Crippen LogP) is 2.56. The molecule has 0 saturated carbocycles. The molecule has 10 heteroatoms. The Labute approximate surface area is 190 Å². The number of phenols is 2. The lowest BCUT2D eigenvalue weighted by Gasteiger charge is -2.33. The van der Waals surface area contributed by atoms with E-state index in [-0.39, 0.29) is 23.2 Å². The standard InChI is InChI=1S/C23H27N5O5/c1-14(2)17-11-18(20(30)12-19(17)29)21-24-25-22(31)28(21)16-5-3-15(4-6-16)13-26-7-9-27(10-8-26)23(32)33/h3-6,11-12,14,29-30H,7-10,13H2,1-2H3,(H,25,31)(H,32,33). The Kier molecular flexibility index (Phi) is 6.10. The van der Waals surface area contributed by atoms with E-state index in [4.69, 9.17) is 5.11 Å². The van der Waals surface area contributed by atoms with E-state index < -0.39 is 11.8 Å². The molecular formula is C23H27N5O5. The number of amides is 1. The van der Waals surface area contributed by atoms with Crippen LogP contribution in [0.25, 0.3) is 17.1 Å². The number of H-pyrrole nitrogens is 1. The molecule has 4 N–H and O–H groups in total. The van der Waals surface area contributed by atoms with Crippen molar-refractivity contribution in [2.24, 2.45) is 0 Å². The predicted molar refractivity (Wildman–Crippen MR) is 122 cm³/mol. The average Bonchev–Trinajstić information content (AvgIpc) is 3.15. The molecule has 33 heavy (non-hydrogen) atoms. The molecule has 1 fully saturated rings. The number of rotatable bonds is 5. The van der Waals surface area contributed by atoms with Gasteiger partial charge in [-0.25, -0.2) is 19.3 Å². The van der Waals surface area contributed by atoms with Crippen molar-refractivity contribution in [3.05, 3.63) is 58.0 Å². The van der Waals surface area contributed by atoms with Crippen LogP contribution in [0.5, 0.6) is 11.5 Å². The molecule has 10 nitrogen and oxygen atoms in total. The molecule has 2 aromatic carbocycles. The summed E-state index contributed by atoms with van der Waals surface area (Å²) in [5, 5.41) is 36.2. The average molecular weight is 453 g/mol. The summed E-state index contributed by atoms with van der Waals surface area (Å²) in [7, 11) is 0. The minimum Gasteiger partial charge on any atom is -0.508 e. The molecule has 1 saturated heterocycles. The van der Waals surface area contributed by atoms with Gasteiger partial charge in [0.15, 0.2) is 5.82 Å². The Morgan fingerprint density at radius 2 is 1.73 bits per heavy atom. The van der Waals surface area contributed by atoms with E-state index in [1.54, 1.807) is 6.07 Å². The first-order chi connectivity index (χ1) is 15.7. The van der Waals surface area contributed by atoms with Crippen LogP contribution >= 0.6 is 0 Å². The number of aromatic hydroxyl groups is 2. The Balaban J connectivity index is 1.58. The van der Waals surface area contributed by atoms with Crippen molar-refractivity contribution < 1.29 is 20.1 Å². The van der Waals surface area contributed by atoms with Gasteiger partial charge in [-0.2, -0.15) is 5.10 Å². The summed E-state index contributed by atoms with van der Waals surface area (Å²) in [5.74, 6) is 0.0792. The van der Waals surface area contributed by atoms with Gasteiger partial charge in [0.05, 0.1) is 11.3 Å². The van der Waals surface area contributed by atoms with E-state index in [0.29, 0.717) is 49.5 Å². The molecule has 1 aliphatic heterocycles. The highest BCUT2D eigenvalue weighted by atomic mass is 16.4. The number of aromatic amines is 1. The van der Waals surface area contributed by atoms with E-state index in [1.165, 1.54) is 15.5 Å². The number of nitrogens with zero attached hydrogens (tertiary/aromatic N) is 4. The van der Waals surface area contributed by atoms with Gasteiger partial charge in [0.25, 0.3) is 0 Å². The van der Waals surface area contributed by atoms with Crippen LogP contribution in [0.4, 0.5) is 4.79 Å². The first-order valence-corrected chi connectivity index (χ1v) is 10.8. The number of phenolic OH excluding ortho intramolecular Hbond substituents is 2. The molecule has 0 bridgehead atoms. The van der Waals surface area contributed by atoms with E-state index in [0.717, 1.165) is 5.56 Å². The highest BCUT2D eigenvalue weighted by Crippen LogP contribution is 2.37. The highest BCUT2D eigenvalue weighted by Gasteiger charge is 2.21. The molecule has 4 rings (SSSR count). The molecule has 0 spiro atoms. The van der Waals surface area contributed by atoms with Gasteiger partial charge in [-0.3, -0.25) is 4.90 Å². The van der Waals surface area contributed by atoms with Crippen molar-refractivity contribution in [2.45, 2.75) is 26.3 Å². The van der Waals surface area contributed by atoms with Gasteiger partial charge in [-0.1, -0.05) is 26.0 Å². The van der Waals surface area contributed by atoms with Crippen LogP contribution in [-0.4, -0.2) is 72.2 Å². The summed E-state index contributed by atoms with van der Waals surface area (Å²) in [6.07, 6.45) is -0.888. The number of carbonyl (C=O) groups is 1. The molecule has 2 heterocycles. The normalized spacial score (nSPS) is 14.7. The second-order valence-corrected chi connectivity index (χ2v) is 8.48. The summed E-state index contributed by atoms with van der Waals surface area (Å²) in [5.41, 5.74) is 2.16. The molecule has 1 aromatic heterocycles. The zero-order chi connectivity index (χ0) is 23.7. The fourth-order valence-electron chi connectivity index (χ4n) is 4.06. The first-order valence-electron chi connectivity index (χ1n) is 10.8. The zero-order valence-corrected chi connectivity index (χ0v) is 18.5. The van der Waals surface area contributed by atoms with E-state index in [9.17, 15) is 19.8 Å². The molecule has 1 amide bonds. The Hall–Kier alpha value is -3.79. The number of benzene rings is 2. The first kappa shape index (κ1) is 22.4. The number of aromatic nitrogens is 3. The Morgan fingerprint density at radius 1 is 1.06 bits per heavy atom. The molecular weight excluding hydrogens is 426 g/mol. The fraction of sp³-hybridized carbons (Fsp3) is 0.348. The lowest BCUT2D eigenvalue weighted by atomic mass is 9.98. The molecule has 0 atom stereocenters. The van der Waals surface area contributed by atoms with Crippen molar-refractivity contribution >= 4 is 6.09 Å². The van der Waals surface area contributed by atoms with Gasteiger partial charge in [-0.05, 0) is 35.2 Å². The minimum absolute atomic E-state index is 0.00998. The highest BCUT2D eigenvalue weighted by molar-refractivity contribution is 5.69. The van der Waals surface area contributed by atoms with E-state index >= 15 is 0 Å². The molecule has 1 aliphatic rings. The quantitative estimate of drug-likeness (QED) is 0.466. The molecule has 0 unspecified atom stereocenters. The van der Waals surface area contributed by atoms with Crippen LogP contribution in [0.2, 0.25) is 0 Å². The SMILES string of the molecule is CC(C)c1cc(-c2n[nH]c(=O)n2-c2ccc(CN3CCN(C(=O)O)CC3)cc2)c(O)cc1O. The van der Waals surface area contributed by atoms with E-state index in [2.05, 4.69) is 15.1 Å². The van der Waals surface area contributed by atoms with Crippen LogP contribution in [0, 0.1) is 0 Å². The van der Waals surface area contributed by atoms with Gasteiger partial charge in [0.2, 0.25) is 0 Å². The van der Waals surface area contributed by atoms with Crippen molar-refractivity contribution in [3.63, 3.8) is 0 Å². The van der Waals surface area contributed by atoms with Gasteiger partial charge >= 0.3 is 11.8 Å². The minimum atomic E-state index is -0.888. The maximum absolute atomic E-state index is 12.6. The third-order valence-corrected chi connectivity index (χ3v) is 5.92. The summed E-state index contributed by atoms with van der Waals surface area (Å²) < 4.78 is 1.38. The van der Waals surface area contributed by atoms with Gasteiger partial charge in [0.1, 0.15) is 11.5 Å². The summed E-state index contributed by atoms with van der Waals surface area (Å²) >= 11 is 0. The lowest BCUT2D eigenvalue weighted by molar-refractivity contribution is 0.103. The second-order valence-electron chi connectivity index (χ2n) is 8.48. The van der Waals surface area contributed by atoms with Crippen LogP contribution < -0.4 is 5.69 Å². The third kappa shape index (κ3) is 4.56. The lowest BCUT2D eigenvalue weighted by Crippen LogP contribution is -2.47. The number of piperazine rings is 1. The fourth-order valence-corrected chi connectivity index (χ4v) is 4.06. The molecule has 174 valence electrons. The van der Waals surface area contributed by atoms with E-state index in [1.807, 2.05) is 38.1 Å². The zero-order valence-electron chi connectivity index (χ0n) is 18.5. The second kappa shape index (κ2) is 8.99. The molecule has 0 aliphatic carbocycles. The number of hydrogen-bond acceptors (Lipinski definition) is 6. The van der Waals surface area contributed by atoms with Crippen LogP contribution in [0.15, 0.2) is 41.2 Å². The van der Waals surface area contributed by atoms with Crippen LogP contribution in [-0.2, 0) is 6.54 Å². The molecule has 0 radical (unpaired) electrons. The van der Waals surface area contributed by atoms with Crippen molar-refractivity contribution in [1.29, 1.82) is 0 Å². The number of hydrogen-bond donors (Lipinski definition) is 4. The van der Waals surface area contributed by atoms with Gasteiger partial charge in [0, 0.05) is 38.8 Å². The Bertz CT molecular complexity index is 1210.